The normalized spacial score (nSPS) is 8.87. The zero-order valence-electron chi connectivity index (χ0n) is 7.45. The molecular weight excluding hydrogens is 218 g/mol. The van der Waals surface area contributed by atoms with Gasteiger partial charge in [0.15, 0.2) is 6.29 Å². The van der Waals surface area contributed by atoms with E-state index in [0.717, 1.165) is 0 Å². The van der Waals surface area contributed by atoms with E-state index in [0.29, 0.717) is 6.29 Å². The fraction of sp³-hybridized carbons (Fsp3) is 0. The SMILES string of the molecule is Nc1c(C#CC=O)cc(Cl)cc1C(=O)O. The average molecular weight is 224 g/mol. The molecule has 5 heteroatoms. The molecule has 0 unspecified atom stereocenters. The van der Waals surface area contributed by atoms with E-state index in [1.54, 1.807) is 0 Å². The summed E-state index contributed by atoms with van der Waals surface area (Å²) >= 11 is 5.67. The number of nitrogen functional groups attached to an aromatic ring is 1. The summed E-state index contributed by atoms with van der Waals surface area (Å²) in [5, 5.41) is 8.99. The van der Waals surface area contributed by atoms with Gasteiger partial charge in [-0.1, -0.05) is 17.5 Å². The largest absolute Gasteiger partial charge is 0.478 e. The van der Waals surface area contributed by atoms with Crippen molar-refractivity contribution in [2.24, 2.45) is 0 Å². The summed E-state index contributed by atoms with van der Waals surface area (Å²) in [5.74, 6) is 3.35. The monoisotopic (exact) mass is 223 g/mol. The van der Waals surface area contributed by atoms with Crippen LogP contribution >= 0.6 is 11.6 Å². The van der Waals surface area contributed by atoms with Gasteiger partial charge in [0.05, 0.1) is 16.8 Å². The molecule has 0 aliphatic rings. The minimum atomic E-state index is -1.19. The molecule has 0 spiro atoms. The van der Waals surface area contributed by atoms with Crippen molar-refractivity contribution >= 4 is 29.5 Å². The summed E-state index contributed by atoms with van der Waals surface area (Å²) in [5.41, 5.74) is 5.64. The number of hydrogen-bond donors (Lipinski definition) is 2. The Morgan fingerprint density at radius 2 is 2.20 bits per heavy atom. The van der Waals surface area contributed by atoms with Gasteiger partial charge < -0.3 is 10.8 Å². The minimum Gasteiger partial charge on any atom is -0.478 e. The van der Waals surface area contributed by atoms with Crippen LogP contribution in [0.5, 0.6) is 0 Å². The third-order valence-corrected chi connectivity index (χ3v) is 1.86. The maximum atomic E-state index is 10.7. The van der Waals surface area contributed by atoms with Crippen LogP contribution in [-0.2, 0) is 4.79 Å². The van der Waals surface area contributed by atoms with Crippen LogP contribution in [0.1, 0.15) is 15.9 Å². The number of aldehydes is 1. The Bertz CT molecular complexity index is 485. The van der Waals surface area contributed by atoms with Crippen molar-refractivity contribution in [1.82, 2.24) is 0 Å². The van der Waals surface area contributed by atoms with Gasteiger partial charge in [-0.15, -0.1) is 0 Å². The van der Waals surface area contributed by atoms with E-state index in [-0.39, 0.29) is 21.8 Å². The fourth-order valence-electron chi connectivity index (χ4n) is 1.01. The first-order valence-corrected chi connectivity index (χ1v) is 4.21. The lowest BCUT2D eigenvalue weighted by Crippen LogP contribution is -2.04. The molecule has 0 saturated heterocycles. The number of anilines is 1. The molecule has 0 bridgehead atoms. The van der Waals surface area contributed by atoms with Gasteiger partial charge in [0.2, 0.25) is 0 Å². The van der Waals surface area contributed by atoms with Gasteiger partial charge in [-0.2, -0.15) is 0 Å². The third kappa shape index (κ3) is 2.48. The number of aromatic carboxylic acids is 1. The smallest absolute Gasteiger partial charge is 0.337 e. The summed E-state index contributed by atoms with van der Waals surface area (Å²) in [6.07, 6.45) is 0.390. The second-order valence-electron chi connectivity index (χ2n) is 2.61. The van der Waals surface area contributed by atoms with Crippen LogP contribution in [0.2, 0.25) is 5.02 Å². The Morgan fingerprint density at radius 1 is 1.53 bits per heavy atom. The number of rotatable bonds is 1. The van der Waals surface area contributed by atoms with Crippen LogP contribution in [0, 0.1) is 11.8 Å². The molecule has 0 atom stereocenters. The predicted molar refractivity (Wildman–Crippen MR) is 55.8 cm³/mol. The molecule has 0 fully saturated rings. The van der Waals surface area contributed by atoms with E-state index < -0.39 is 5.97 Å². The van der Waals surface area contributed by atoms with Crippen molar-refractivity contribution in [3.8, 4) is 11.8 Å². The summed E-state index contributed by atoms with van der Waals surface area (Å²) in [4.78, 5) is 20.8. The van der Waals surface area contributed by atoms with Gasteiger partial charge in [0.25, 0.3) is 0 Å². The quantitative estimate of drug-likeness (QED) is 0.426. The van der Waals surface area contributed by atoms with Crippen molar-refractivity contribution in [1.29, 1.82) is 0 Å². The Balaban J connectivity index is 3.40. The highest BCUT2D eigenvalue weighted by atomic mass is 35.5. The van der Waals surface area contributed by atoms with Crippen molar-refractivity contribution in [2.75, 3.05) is 5.73 Å². The topological polar surface area (TPSA) is 80.4 Å². The van der Waals surface area contributed by atoms with Crippen LogP contribution in [-0.4, -0.2) is 17.4 Å². The Kier molecular flexibility index (Phi) is 3.32. The number of carbonyl (C=O) groups is 2. The van der Waals surface area contributed by atoms with E-state index in [9.17, 15) is 9.59 Å². The summed E-state index contributed by atoms with van der Waals surface area (Å²) in [7, 11) is 0. The number of hydrogen-bond acceptors (Lipinski definition) is 3. The van der Waals surface area contributed by atoms with Crippen molar-refractivity contribution in [3.05, 3.63) is 28.3 Å². The molecule has 0 radical (unpaired) electrons. The highest BCUT2D eigenvalue weighted by molar-refractivity contribution is 6.31. The second kappa shape index (κ2) is 4.49. The highest BCUT2D eigenvalue weighted by Crippen LogP contribution is 2.22. The molecule has 0 aromatic heterocycles. The maximum Gasteiger partial charge on any atom is 0.337 e. The van der Waals surface area contributed by atoms with Gasteiger partial charge in [-0.05, 0) is 18.1 Å². The number of carboxylic acid groups (broad SMARTS) is 1. The standard InChI is InChI=1S/C10H6ClNO3/c11-7-4-6(2-1-3-13)9(12)8(5-7)10(14)15/h3-5H,12H2,(H,14,15). The van der Waals surface area contributed by atoms with Crippen LogP contribution in [0.4, 0.5) is 5.69 Å². The first-order valence-electron chi connectivity index (χ1n) is 3.83. The van der Waals surface area contributed by atoms with Crippen LogP contribution in [0.15, 0.2) is 12.1 Å². The summed E-state index contributed by atoms with van der Waals surface area (Å²) in [6.45, 7) is 0. The van der Waals surface area contributed by atoms with Gasteiger partial charge in [0, 0.05) is 5.02 Å². The highest BCUT2D eigenvalue weighted by Gasteiger charge is 2.11. The summed E-state index contributed by atoms with van der Waals surface area (Å²) in [6, 6.07) is 2.63. The third-order valence-electron chi connectivity index (χ3n) is 1.64. The second-order valence-corrected chi connectivity index (χ2v) is 3.04. The summed E-state index contributed by atoms with van der Waals surface area (Å²) < 4.78 is 0. The molecule has 1 rings (SSSR count). The van der Waals surface area contributed by atoms with Gasteiger partial charge in [-0.25, -0.2) is 4.79 Å². The van der Waals surface area contributed by atoms with Gasteiger partial charge in [-0.3, -0.25) is 4.79 Å². The van der Waals surface area contributed by atoms with E-state index in [2.05, 4.69) is 11.8 Å². The molecule has 0 aliphatic heterocycles. The van der Waals surface area contributed by atoms with E-state index in [1.807, 2.05) is 0 Å². The van der Waals surface area contributed by atoms with Crippen molar-refractivity contribution < 1.29 is 14.7 Å². The molecule has 0 saturated carbocycles. The van der Waals surface area contributed by atoms with Gasteiger partial charge in [0.1, 0.15) is 0 Å². The Labute approximate surface area is 90.7 Å². The lowest BCUT2D eigenvalue weighted by atomic mass is 10.1. The van der Waals surface area contributed by atoms with Gasteiger partial charge >= 0.3 is 5.97 Å². The molecule has 15 heavy (non-hydrogen) atoms. The van der Waals surface area contributed by atoms with E-state index in [4.69, 9.17) is 22.4 Å². The molecule has 1 aromatic rings. The molecule has 0 amide bonds. The Morgan fingerprint density at radius 3 is 2.73 bits per heavy atom. The molecule has 3 N–H and O–H groups in total. The number of carboxylic acids is 1. The average Bonchev–Trinajstić information content (AvgIpc) is 2.18. The maximum absolute atomic E-state index is 10.7. The number of halogens is 1. The lowest BCUT2D eigenvalue weighted by Gasteiger charge is -2.03. The predicted octanol–water partition coefficient (Wildman–Crippen LogP) is 1.17. The molecular formula is C10H6ClNO3. The zero-order chi connectivity index (χ0) is 11.4. The molecule has 0 aliphatic carbocycles. The fourth-order valence-corrected chi connectivity index (χ4v) is 1.22. The number of benzene rings is 1. The number of nitrogens with two attached hydrogens (primary N) is 1. The van der Waals surface area contributed by atoms with E-state index >= 15 is 0 Å². The van der Waals surface area contributed by atoms with E-state index in [1.165, 1.54) is 12.1 Å². The van der Waals surface area contributed by atoms with Crippen LogP contribution < -0.4 is 5.73 Å². The lowest BCUT2D eigenvalue weighted by molar-refractivity contribution is -0.103. The van der Waals surface area contributed by atoms with Crippen LogP contribution in [0.25, 0.3) is 0 Å². The van der Waals surface area contributed by atoms with Crippen molar-refractivity contribution in [3.63, 3.8) is 0 Å². The molecule has 76 valence electrons. The first kappa shape index (κ1) is 11.1. The first-order chi connectivity index (χ1) is 7.06. The molecule has 0 heterocycles. The minimum absolute atomic E-state index is 0.00116. The number of carbonyl (C=O) groups excluding carboxylic acids is 1. The van der Waals surface area contributed by atoms with Crippen molar-refractivity contribution in [2.45, 2.75) is 0 Å². The zero-order valence-corrected chi connectivity index (χ0v) is 8.21. The molecule has 4 nitrogen and oxygen atoms in total. The van der Waals surface area contributed by atoms with Crippen LogP contribution in [0.3, 0.4) is 0 Å². The molecule has 1 aromatic carbocycles. The Hall–Kier alpha value is -1.99.